The zero-order valence-corrected chi connectivity index (χ0v) is 18.8. The fourth-order valence-electron chi connectivity index (χ4n) is 4.17. The molecule has 2 unspecified atom stereocenters. The standard InChI is InChI=1S/C25H27ClN4O2/c1-18(25(32)28-23-11-10-22(26)14-27-23)29-13-5-8-20(16-29)21-9-12-24(31)30(17-21)15-19-6-3-2-4-7-19/h2-4,6-7,9-12,14,17-18,20H,5,8,13,15-16H2,1H3,(H,27,28,32). The number of carbonyl (C=O) groups excluding carboxylic acids is 1. The van der Waals surface area contributed by atoms with Crippen molar-refractivity contribution in [1.82, 2.24) is 14.5 Å². The molecule has 0 aliphatic carbocycles. The van der Waals surface area contributed by atoms with Crippen molar-refractivity contribution in [3.63, 3.8) is 0 Å². The summed E-state index contributed by atoms with van der Waals surface area (Å²) in [6.07, 6.45) is 5.53. The molecule has 1 aromatic carbocycles. The summed E-state index contributed by atoms with van der Waals surface area (Å²) in [6, 6.07) is 16.7. The highest BCUT2D eigenvalue weighted by molar-refractivity contribution is 6.30. The molecule has 3 aromatic rings. The summed E-state index contributed by atoms with van der Waals surface area (Å²) in [7, 11) is 0. The molecule has 3 heterocycles. The van der Waals surface area contributed by atoms with E-state index in [0.29, 0.717) is 17.4 Å². The molecule has 0 bridgehead atoms. The Balaban J connectivity index is 1.44. The molecule has 1 aliphatic heterocycles. The van der Waals surface area contributed by atoms with Crippen LogP contribution in [0.1, 0.15) is 36.8 Å². The van der Waals surface area contributed by atoms with E-state index in [9.17, 15) is 9.59 Å². The first-order valence-corrected chi connectivity index (χ1v) is 11.3. The summed E-state index contributed by atoms with van der Waals surface area (Å²) in [6.45, 7) is 4.11. The van der Waals surface area contributed by atoms with Crippen molar-refractivity contribution in [2.24, 2.45) is 0 Å². The average Bonchev–Trinajstić information content (AvgIpc) is 2.82. The van der Waals surface area contributed by atoms with Crippen LogP contribution < -0.4 is 10.9 Å². The number of carbonyl (C=O) groups is 1. The van der Waals surface area contributed by atoms with E-state index in [1.54, 1.807) is 22.8 Å². The van der Waals surface area contributed by atoms with E-state index in [-0.39, 0.29) is 23.4 Å². The lowest BCUT2D eigenvalue weighted by molar-refractivity contribution is -0.121. The normalized spacial score (nSPS) is 17.6. The molecule has 1 N–H and O–H groups in total. The number of nitrogens with zero attached hydrogens (tertiary/aromatic N) is 3. The van der Waals surface area contributed by atoms with Gasteiger partial charge in [-0.1, -0.05) is 48.0 Å². The molecular weight excluding hydrogens is 424 g/mol. The van der Waals surface area contributed by atoms with Crippen LogP contribution in [0.2, 0.25) is 5.02 Å². The number of halogens is 1. The van der Waals surface area contributed by atoms with Gasteiger partial charge in [-0.2, -0.15) is 0 Å². The molecule has 6 nitrogen and oxygen atoms in total. The minimum Gasteiger partial charge on any atom is -0.311 e. The summed E-state index contributed by atoms with van der Waals surface area (Å²) in [4.78, 5) is 31.5. The second kappa shape index (κ2) is 10.1. The lowest BCUT2D eigenvalue weighted by Gasteiger charge is -2.36. The number of nitrogens with one attached hydrogen (secondary N) is 1. The lowest BCUT2D eigenvalue weighted by atomic mass is 9.91. The molecule has 1 aliphatic rings. The van der Waals surface area contributed by atoms with Gasteiger partial charge in [0.15, 0.2) is 0 Å². The van der Waals surface area contributed by atoms with Gasteiger partial charge in [0.25, 0.3) is 5.56 Å². The van der Waals surface area contributed by atoms with Crippen molar-refractivity contribution in [3.05, 3.63) is 93.5 Å². The number of anilines is 1. The number of likely N-dealkylation sites (tertiary alicyclic amines) is 1. The smallest absolute Gasteiger partial charge is 0.250 e. The SMILES string of the molecule is CC(C(=O)Nc1ccc(Cl)cn1)N1CCCC(c2ccc(=O)n(Cc3ccccc3)c2)C1. The molecule has 0 spiro atoms. The van der Waals surface area contributed by atoms with E-state index in [0.717, 1.165) is 37.1 Å². The van der Waals surface area contributed by atoms with Gasteiger partial charge in [0.05, 0.1) is 17.6 Å². The molecule has 32 heavy (non-hydrogen) atoms. The van der Waals surface area contributed by atoms with E-state index in [1.807, 2.05) is 49.5 Å². The molecule has 0 radical (unpaired) electrons. The van der Waals surface area contributed by atoms with E-state index in [2.05, 4.69) is 15.2 Å². The number of benzene rings is 1. The Morgan fingerprint density at radius 2 is 2.00 bits per heavy atom. The van der Waals surface area contributed by atoms with E-state index in [1.165, 1.54) is 6.20 Å². The van der Waals surface area contributed by atoms with Gasteiger partial charge in [-0.15, -0.1) is 0 Å². The number of amides is 1. The minimum atomic E-state index is -0.287. The predicted octanol–water partition coefficient (Wildman–Crippen LogP) is 4.15. The summed E-state index contributed by atoms with van der Waals surface area (Å²) >= 11 is 5.87. The Morgan fingerprint density at radius 1 is 1.19 bits per heavy atom. The van der Waals surface area contributed by atoms with Gasteiger partial charge < -0.3 is 9.88 Å². The topological polar surface area (TPSA) is 67.2 Å². The Bertz CT molecular complexity index is 1110. The Morgan fingerprint density at radius 3 is 2.75 bits per heavy atom. The fourth-order valence-corrected chi connectivity index (χ4v) is 4.28. The zero-order chi connectivity index (χ0) is 22.5. The highest BCUT2D eigenvalue weighted by Gasteiger charge is 2.28. The monoisotopic (exact) mass is 450 g/mol. The summed E-state index contributed by atoms with van der Waals surface area (Å²) in [5.74, 6) is 0.678. The summed E-state index contributed by atoms with van der Waals surface area (Å²) < 4.78 is 1.77. The van der Waals surface area contributed by atoms with Crippen molar-refractivity contribution < 1.29 is 4.79 Å². The quantitative estimate of drug-likeness (QED) is 0.612. The Labute approximate surface area is 192 Å². The molecule has 1 fully saturated rings. The first kappa shape index (κ1) is 22.2. The Hall–Kier alpha value is -2.96. The molecule has 2 aromatic heterocycles. The third kappa shape index (κ3) is 5.44. The van der Waals surface area contributed by atoms with Crippen LogP contribution in [-0.4, -0.2) is 39.5 Å². The second-order valence-corrected chi connectivity index (χ2v) is 8.71. The molecule has 1 saturated heterocycles. The highest BCUT2D eigenvalue weighted by atomic mass is 35.5. The maximum absolute atomic E-state index is 12.8. The van der Waals surface area contributed by atoms with Gasteiger partial charge in [0.1, 0.15) is 5.82 Å². The molecule has 166 valence electrons. The number of piperidine rings is 1. The van der Waals surface area contributed by atoms with E-state index >= 15 is 0 Å². The summed E-state index contributed by atoms with van der Waals surface area (Å²) in [5, 5.41) is 3.40. The first-order chi connectivity index (χ1) is 15.5. The molecule has 1 amide bonds. The van der Waals surface area contributed by atoms with Gasteiger partial charge in [0.2, 0.25) is 5.91 Å². The fraction of sp³-hybridized carbons (Fsp3) is 0.320. The third-order valence-electron chi connectivity index (χ3n) is 6.03. The van der Waals surface area contributed by atoms with Crippen LogP contribution in [0.3, 0.4) is 0 Å². The van der Waals surface area contributed by atoms with Crippen molar-refractivity contribution in [2.75, 3.05) is 18.4 Å². The summed E-state index contributed by atoms with van der Waals surface area (Å²) in [5.41, 5.74) is 2.23. The maximum Gasteiger partial charge on any atom is 0.250 e. The van der Waals surface area contributed by atoms with Crippen LogP contribution >= 0.6 is 11.6 Å². The van der Waals surface area contributed by atoms with Crippen molar-refractivity contribution in [2.45, 2.75) is 38.3 Å². The zero-order valence-electron chi connectivity index (χ0n) is 18.1. The second-order valence-electron chi connectivity index (χ2n) is 8.28. The number of hydrogen-bond donors (Lipinski definition) is 1. The van der Waals surface area contributed by atoms with Crippen molar-refractivity contribution in [3.8, 4) is 0 Å². The average molecular weight is 451 g/mol. The highest BCUT2D eigenvalue weighted by Crippen LogP contribution is 2.27. The van der Waals surface area contributed by atoms with Crippen LogP contribution in [0.25, 0.3) is 0 Å². The minimum absolute atomic E-state index is 0.00604. The number of rotatable bonds is 6. The largest absolute Gasteiger partial charge is 0.311 e. The molecular formula is C25H27ClN4O2. The number of aromatic nitrogens is 2. The number of hydrogen-bond acceptors (Lipinski definition) is 4. The van der Waals surface area contributed by atoms with Gasteiger partial charge in [-0.3, -0.25) is 14.5 Å². The lowest BCUT2D eigenvalue weighted by Crippen LogP contribution is -2.46. The van der Waals surface area contributed by atoms with Crippen LogP contribution in [0, 0.1) is 0 Å². The first-order valence-electron chi connectivity index (χ1n) is 10.9. The molecule has 0 saturated carbocycles. The van der Waals surface area contributed by atoms with Gasteiger partial charge in [-0.25, -0.2) is 4.98 Å². The number of pyridine rings is 2. The molecule has 7 heteroatoms. The maximum atomic E-state index is 12.8. The van der Waals surface area contributed by atoms with Crippen molar-refractivity contribution >= 4 is 23.3 Å². The van der Waals surface area contributed by atoms with Crippen molar-refractivity contribution in [1.29, 1.82) is 0 Å². The molecule has 4 rings (SSSR count). The van der Waals surface area contributed by atoms with E-state index in [4.69, 9.17) is 11.6 Å². The van der Waals surface area contributed by atoms with E-state index < -0.39 is 0 Å². The van der Waals surface area contributed by atoms with Gasteiger partial charge >= 0.3 is 0 Å². The third-order valence-corrected chi connectivity index (χ3v) is 6.26. The van der Waals surface area contributed by atoms with Crippen LogP contribution in [-0.2, 0) is 11.3 Å². The molecule has 2 atom stereocenters. The van der Waals surface area contributed by atoms with Crippen LogP contribution in [0.4, 0.5) is 5.82 Å². The van der Waals surface area contributed by atoms with Gasteiger partial charge in [-0.05, 0) is 55.5 Å². The Kier molecular flexibility index (Phi) is 7.02. The van der Waals surface area contributed by atoms with Gasteiger partial charge in [0, 0.05) is 25.0 Å². The van der Waals surface area contributed by atoms with Crippen LogP contribution in [0.5, 0.6) is 0 Å². The van der Waals surface area contributed by atoms with Crippen LogP contribution in [0.15, 0.2) is 71.8 Å². The predicted molar refractivity (Wildman–Crippen MR) is 127 cm³/mol.